The van der Waals surface area contributed by atoms with Crippen LogP contribution in [0.15, 0.2) is 48.5 Å². The fourth-order valence-electron chi connectivity index (χ4n) is 3.36. The summed E-state index contributed by atoms with van der Waals surface area (Å²) in [6.07, 6.45) is 0. The highest BCUT2D eigenvalue weighted by molar-refractivity contribution is 7.71. The number of hydrogen-bond acceptors (Lipinski definition) is 5. The van der Waals surface area contributed by atoms with Gasteiger partial charge in [0.05, 0.1) is 28.3 Å². The van der Waals surface area contributed by atoms with Crippen molar-refractivity contribution in [2.24, 2.45) is 0 Å². The molecule has 2 aromatic carbocycles. The predicted molar refractivity (Wildman–Crippen MR) is 113 cm³/mol. The van der Waals surface area contributed by atoms with Gasteiger partial charge in [0.15, 0.2) is 0 Å². The van der Waals surface area contributed by atoms with Gasteiger partial charge >= 0.3 is 5.97 Å². The maximum atomic E-state index is 11.9. The number of hydrogen-bond donors (Lipinski definition) is 1. The number of carbonyl (C=O) groups is 1. The zero-order valence-electron chi connectivity index (χ0n) is 15.4. The van der Waals surface area contributed by atoms with Gasteiger partial charge in [-0.3, -0.25) is 3.96 Å². The Kier molecular flexibility index (Phi) is 4.40. The van der Waals surface area contributed by atoms with Crippen molar-refractivity contribution in [1.82, 2.24) is 3.96 Å². The average Bonchev–Trinajstić information content (AvgIpc) is 3.01. The van der Waals surface area contributed by atoms with E-state index in [1.54, 1.807) is 30.6 Å². The van der Waals surface area contributed by atoms with E-state index >= 15 is 0 Å². The van der Waals surface area contributed by atoms with E-state index in [-0.39, 0.29) is 11.5 Å². The Morgan fingerprint density at radius 3 is 2.59 bits per heavy atom. The van der Waals surface area contributed by atoms with Crippen LogP contribution in [0.5, 0.6) is 0 Å². The summed E-state index contributed by atoms with van der Waals surface area (Å²) < 4.78 is 7.91. The van der Waals surface area contributed by atoms with Crippen LogP contribution in [0.25, 0.3) is 16.8 Å². The number of nitrogens with zero attached hydrogens (tertiary/aromatic N) is 1. The van der Waals surface area contributed by atoms with Gasteiger partial charge < -0.3 is 10.1 Å². The summed E-state index contributed by atoms with van der Waals surface area (Å²) in [5, 5.41) is 3.61. The highest BCUT2D eigenvalue weighted by Crippen LogP contribution is 2.47. The second kappa shape index (κ2) is 6.62. The molecule has 1 aromatic heterocycles. The third-order valence-electron chi connectivity index (χ3n) is 4.63. The van der Waals surface area contributed by atoms with E-state index < -0.39 is 0 Å². The molecule has 3 aromatic rings. The monoisotopic (exact) mass is 396 g/mol. The van der Waals surface area contributed by atoms with Crippen LogP contribution >= 0.6 is 23.8 Å². The lowest BCUT2D eigenvalue weighted by atomic mass is 9.90. The summed E-state index contributed by atoms with van der Waals surface area (Å²) in [6.45, 7) is 6.50. The minimum atomic E-state index is -0.308. The lowest BCUT2D eigenvalue weighted by molar-refractivity contribution is 0.0526. The first-order valence-corrected chi connectivity index (χ1v) is 10.0. The Hall–Kier alpha value is -2.44. The standard InChI is InChI=1S/C21H20N2O2S2/c1-4-25-20(24)13-9-11-14(12-10-13)23-19(26)17-15-7-5-6-8-16(15)22-21(2,3)18(17)27-23/h5-12,22H,4H2,1-3H3. The van der Waals surface area contributed by atoms with Crippen LogP contribution in [0.1, 0.15) is 36.0 Å². The number of ether oxygens (including phenoxy) is 1. The van der Waals surface area contributed by atoms with Gasteiger partial charge in [-0.25, -0.2) is 4.79 Å². The first kappa shape index (κ1) is 17.9. The summed E-state index contributed by atoms with van der Waals surface area (Å²) in [7, 11) is 0. The normalized spacial score (nSPS) is 14.0. The van der Waals surface area contributed by atoms with Crippen molar-refractivity contribution in [1.29, 1.82) is 0 Å². The topological polar surface area (TPSA) is 43.3 Å². The molecule has 1 aliphatic heterocycles. The fourth-order valence-corrected chi connectivity index (χ4v) is 5.02. The highest BCUT2D eigenvalue weighted by Gasteiger charge is 2.34. The van der Waals surface area contributed by atoms with Crippen molar-refractivity contribution < 1.29 is 9.53 Å². The zero-order chi connectivity index (χ0) is 19.2. The summed E-state index contributed by atoms with van der Waals surface area (Å²) in [4.78, 5) is 13.1. The molecule has 1 aliphatic rings. The molecule has 0 aliphatic carbocycles. The quantitative estimate of drug-likeness (QED) is 0.451. The molecule has 0 amide bonds. The Bertz CT molecular complexity index is 1080. The third-order valence-corrected chi connectivity index (χ3v) is 6.61. The van der Waals surface area contributed by atoms with Gasteiger partial charge in [-0.2, -0.15) is 0 Å². The molecule has 1 N–H and O–H groups in total. The molecule has 27 heavy (non-hydrogen) atoms. The summed E-state index contributed by atoms with van der Waals surface area (Å²) in [5.41, 5.74) is 4.63. The van der Waals surface area contributed by atoms with E-state index in [2.05, 4.69) is 35.3 Å². The minimum absolute atomic E-state index is 0.210. The Morgan fingerprint density at radius 1 is 1.19 bits per heavy atom. The molecular weight excluding hydrogens is 376 g/mol. The largest absolute Gasteiger partial charge is 0.462 e. The van der Waals surface area contributed by atoms with Gasteiger partial charge in [-0.1, -0.05) is 41.9 Å². The maximum Gasteiger partial charge on any atom is 0.338 e. The van der Waals surface area contributed by atoms with Crippen LogP contribution in [-0.2, 0) is 10.3 Å². The maximum absolute atomic E-state index is 11.9. The molecule has 0 saturated carbocycles. The molecule has 0 unspecified atom stereocenters. The molecular formula is C21H20N2O2S2. The van der Waals surface area contributed by atoms with Crippen LogP contribution < -0.4 is 5.32 Å². The number of anilines is 1. The van der Waals surface area contributed by atoms with Crippen molar-refractivity contribution in [3.8, 4) is 16.8 Å². The molecule has 0 fully saturated rings. The van der Waals surface area contributed by atoms with Crippen molar-refractivity contribution in [3.05, 3.63) is 63.6 Å². The number of para-hydroxylation sites is 1. The molecule has 6 heteroatoms. The number of fused-ring (bicyclic) bond motifs is 3. The van der Waals surface area contributed by atoms with Crippen molar-refractivity contribution >= 4 is 35.4 Å². The summed E-state index contributed by atoms with van der Waals surface area (Å²) in [5.74, 6) is -0.308. The fraction of sp³-hybridized carbons (Fsp3) is 0.238. The molecule has 0 atom stereocenters. The van der Waals surface area contributed by atoms with E-state index in [4.69, 9.17) is 17.0 Å². The van der Waals surface area contributed by atoms with E-state index in [0.717, 1.165) is 27.1 Å². The third kappa shape index (κ3) is 2.99. The van der Waals surface area contributed by atoms with Crippen molar-refractivity contribution in [2.75, 3.05) is 11.9 Å². The lowest BCUT2D eigenvalue weighted by Crippen LogP contribution is -2.30. The van der Waals surface area contributed by atoms with E-state index in [9.17, 15) is 4.79 Å². The first-order chi connectivity index (χ1) is 12.9. The molecule has 0 radical (unpaired) electrons. The van der Waals surface area contributed by atoms with E-state index in [0.29, 0.717) is 12.2 Å². The number of esters is 1. The Morgan fingerprint density at radius 2 is 1.89 bits per heavy atom. The highest BCUT2D eigenvalue weighted by atomic mass is 32.1. The Labute approximate surface area is 167 Å². The number of carbonyl (C=O) groups excluding carboxylic acids is 1. The number of rotatable bonds is 3. The van der Waals surface area contributed by atoms with Crippen LogP contribution in [0.3, 0.4) is 0 Å². The average molecular weight is 397 g/mol. The van der Waals surface area contributed by atoms with Gasteiger partial charge in [-0.05, 0) is 51.1 Å². The number of benzene rings is 2. The SMILES string of the molecule is CCOC(=O)c1ccc(-n2sc3c(c2=S)-c2ccccc2NC3(C)C)cc1. The van der Waals surface area contributed by atoms with E-state index in [1.165, 1.54) is 4.88 Å². The second-order valence-corrected chi connectivity index (χ2v) is 8.30. The van der Waals surface area contributed by atoms with Crippen molar-refractivity contribution in [2.45, 2.75) is 26.3 Å². The zero-order valence-corrected chi connectivity index (χ0v) is 17.0. The number of aromatic nitrogens is 1. The van der Waals surface area contributed by atoms with Crippen LogP contribution in [0, 0.1) is 4.64 Å². The molecule has 2 heterocycles. The Balaban J connectivity index is 1.83. The van der Waals surface area contributed by atoms with Crippen LogP contribution in [-0.4, -0.2) is 16.5 Å². The molecule has 0 saturated heterocycles. The molecule has 0 bridgehead atoms. The first-order valence-electron chi connectivity index (χ1n) is 8.84. The van der Waals surface area contributed by atoms with Crippen molar-refractivity contribution in [3.63, 3.8) is 0 Å². The minimum Gasteiger partial charge on any atom is -0.462 e. The molecule has 138 valence electrons. The van der Waals surface area contributed by atoms with Gasteiger partial charge in [0.2, 0.25) is 0 Å². The van der Waals surface area contributed by atoms with Gasteiger partial charge in [0.1, 0.15) is 4.64 Å². The summed E-state index contributed by atoms with van der Waals surface area (Å²) >= 11 is 7.50. The van der Waals surface area contributed by atoms with Gasteiger partial charge in [0.25, 0.3) is 0 Å². The smallest absolute Gasteiger partial charge is 0.338 e. The van der Waals surface area contributed by atoms with Crippen LogP contribution in [0.2, 0.25) is 0 Å². The molecule has 4 nitrogen and oxygen atoms in total. The molecule has 4 rings (SSSR count). The van der Waals surface area contributed by atoms with Gasteiger partial charge in [-0.15, -0.1) is 0 Å². The second-order valence-electron chi connectivity index (χ2n) is 6.96. The lowest BCUT2D eigenvalue weighted by Gasteiger charge is -2.33. The van der Waals surface area contributed by atoms with Crippen LogP contribution in [0.4, 0.5) is 5.69 Å². The van der Waals surface area contributed by atoms with Gasteiger partial charge in [0, 0.05) is 16.8 Å². The molecule has 0 spiro atoms. The predicted octanol–water partition coefficient (Wildman–Crippen LogP) is 5.77. The summed E-state index contributed by atoms with van der Waals surface area (Å²) in [6, 6.07) is 15.7. The number of nitrogens with one attached hydrogen (secondary N) is 1. The van der Waals surface area contributed by atoms with E-state index in [1.807, 2.05) is 24.3 Å².